The van der Waals surface area contributed by atoms with Crippen molar-refractivity contribution in [3.05, 3.63) is 89.5 Å². The normalized spacial score (nSPS) is 14.6. The standard InChI is InChI=1S/C29H30F2N2O3.C2H3F3/c1-2-3-17-35-18-19-36-29(34)32-23-13-11-21(12-14-23)20-7-9-22(10-8-20)26-15-16-27(33-26)28-24(30)5-4-6-25(28)31;1-2(3,4)5/h4-14,26H,2-3,15-19H2,1H3,(H,32,34);1H3. The summed E-state index contributed by atoms with van der Waals surface area (Å²) in [5.41, 5.74) is 4.11. The minimum atomic E-state index is -4.00. The Bertz CT molecular complexity index is 1270. The fourth-order valence-corrected chi connectivity index (χ4v) is 4.13. The van der Waals surface area contributed by atoms with Crippen LogP contribution in [-0.4, -0.2) is 37.8 Å². The van der Waals surface area contributed by atoms with E-state index in [1.54, 1.807) is 0 Å². The van der Waals surface area contributed by atoms with Gasteiger partial charge in [-0.3, -0.25) is 10.3 Å². The van der Waals surface area contributed by atoms with Gasteiger partial charge in [0.2, 0.25) is 0 Å². The molecule has 5 nitrogen and oxygen atoms in total. The van der Waals surface area contributed by atoms with E-state index in [4.69, 9.17) is 9.47 Å². The van der Waals surface area contributed by atoms with Crippen LogP contribution in [0.5, 0.6) is 0 Å². The van der Waals surface area contributed by atoms with Crippen LogP contribution in [0.1, 0.15) is 56.7 Å². The number of hydrogen-bond donors (Lipinski definition) is 1. The molecule has 3 aromatic carbocycles. The van der Waals surface area contributed by atoms with Gasteiger partial charge in [-0.1, -0.05) is 55.8 Å². The van der Waals surface area contributed by atoms with Crippen molar-refractivity contribution in [2.24, 2.45) is 4.99 Å². The van der Waals surface area contributed by atoms with Crippen molar-refractivity contribution in [3.63, 3.8) is 0 Å². The second-order valence-electron chi connectivity index (χ2n) is 9.43. The molecule has 1 heterocycles. The van der Waals surface area contributed by atoms with Crippen molar-refractivity contribution >= 4 is 17.5 Å². The minimum Gasteiger partial charge on any atom is -0.447 e. The number of carbonyl (C=O) groups excluding carboxylic acids is 1. The molecule has 0 fully saturated rings. The van der Waals surface area contributed by atoms with Gasteiger partial charge in [0.1, 0.15) is 18.2 Å². The summed E-state index contributed by atoms with van der Waals surface area (Å²) in [7, 11) is 0. The topological polar surface area (TPSA) is 59.9 Å². The molecule has 0 radical (unpaired) electrons. The third kappa shape index (κ3) is 10.6. The van der Waals surface area contributed by atoms with Crippen LogP contribution < -0.4 is 5.32 Å². The Morgan fingerprint density at radius 1 is 0.927 bits per heavy atom. The molecular weight excluding hydrogens is 543 g/mol. The molecule has 1 unspecified atom stereocenters. The van der Waals surface area contributed by atoms with Gasteiger partial charge in [-0.25, -0.2) is 13.6 Å². The first-order chi connectivity index (χ1) is 19.5. The first-order valence-electron chi connectivity index (χ1n) is 13.3. The number of nitrogens with one attached hydrogen (secondary N) is 1. The Morgan fingerprint density at radius 2 is 1.51 bits per heavy atom. The van der Waals surface area contributed by atoms with E-state index in [1.165, 1.54) is 18.2 Å². The van der Waals surface area contributed by atoms with E-state index in [0.717, 1.165) is 29.5 Å². The molecule has 1 N–H and O–H groups in total. The molecule has 1 atom stereocenters. The number of amides is 1. The van der Waals surface area contributed by atoms with Crippen molar-refractivity contribution < 1.29 is 36.2 Å². The zero-order valence-corrected chi connectivity index (χ0v) is 22.9. The smallest absolute Gasteiger partial charge is 0.411 e. The highest BCUT2D eigenvalue weighted by molar-refractivity contribution is 6.02. The summed E-state index contributed by atoms with van der Waals surface area (Å²) in [5, 5.41) is 2.71. The molecule has 0 aliphatic carbocycles. The summed E-state index contributed by atoms with van der Waals surface area (Å²) in [5.74, 6) is -1.15. The number of halogens is 5. The summed E-state index contributed by atoms with van der Waals surface area (Å²) in [6, 6.07) is 19.2. The highest BCUT2D eigenvalue weighted by Crippen LogP contribution is 2.33. The summed E-state index contributed by atoms with van der Waals surface area (Å²) < 4.78 is 69.8. The molecule has 1 aliphatic rings. The van der Waals surface area contributed by atoms with Crippen molar-refractivity contribution in [2.45, 2.75) is 51.7 Å². The van der Waals surface area contributed by atoms with E-state index in [9.17, 15) is 26.7 Å². The van der Waals surface area contributed by atoms with Crippen molar-refractivity contribution in [1.82, 2.24) is 0 Å². The monoisotopic (exact) mass is 576 g/mol. The lowest BCUT2D eigenvalue weighted by molar-refractivity contribution is -0.110. The maximum absolute atomic E-state index is 14.1. The Kier molecular flexibility index (Phi) is 11.8. The highest BCUT2D eigenvalue weighted by atomic mass is 19.4. The van der Waals surface area contributed by atoms with Crippen LogP contribution in [0.15, 0.2) is 71.7 Å². The molecule has 3 aromatic rings. The largest absolute Gasteiger partial charge is 0.447 e. The molecule has 41 heavy (non-hydrogen) atoms. The molecule has 0 bridgehead atoms. The lowest BCUT2D eigenvalue weighted by atomic mass is 9.99. The zero-order valence-electron chi connectivity index (χ0n) is 22.9. The van der Waals surface area contributed by atoms with Gasteiger partial charge in [-0.05, 0) is 60.2 Å². The first kappa shape index (κ1) is 31.7. The van der Waals surface area contributed by atoms with Gasteiger partial charge in [0, 0.05) is 24.9 Å². The van der Waals surface area contributed by atoms with E-state index in [1.807, 2.05) is 48.5 Å². The van der Waals surface area contributed by atoms with Gasteiger partial charge in [-0.15, -0.1) is 0 Å². The molecule has 0 saturated heterocycles. The fraction of sp³-hybridized carbons (Fsp3) is 0.355. The van der Waals surface area contributed by atoms with Crippen LogP contribution in [0.2, 0.25) is 0 Å². The quantitative estimate of drug-likeness (QED) is 0.194. The Balaban J connectivity index is 0.000000850. The molecule has 1 amide bonds. The van der Waals surface area contributed by atoms with E-state index < -0.39 is 23.9 Å². The van der Waals surface area contributed by atoms with Gasteiger partial charge in [0.05, 0.1) is 18.2 Å². The molecule has 4 rings (SSSR count). The van der Waals surface area contributed by atoms with Crippen molar-refractivity contribution in [1.29, 1.82) is 0 Å². The Hall–Kier alpha value is -3.79. The van der Waals surface area contributed by atoms with Crippen LogP contribution in [-0.2, 0) is 9.47 Å². The third-order valence-electron chi connectivity index (χ3n) is 6.08. The van der Waals surface area contributed by atoms with Crippen LogP contribution in [0.3, 0.4) is 0 Å². The minimum absolute atomic E-state index is 0.0190. The lowest BCUT2D eigenvalue weighted by Gasteiger charge is -2.10. The first-order valence-corrected chi connectivity index (χ1v) is 13.3. The van der Waals surface area contributed by atoms with E-state index >= 15 is 0 Å². The number of unbranched alkanes of at least 4 members (excludes halogenated alkanes) is 1. The van der Waals surface area contributed by atoms with E-state index in [2.05, 4.69) is 17.2 Å². The Morgan fingerprint density at radius 3 is 2.10 bits per heavy atom. The number of nitrogens with zero attached hydrogens (tertiary/aromatic N) is 1. The summed E-state index contributed by atoms with van der Waals surface area (Å²) in [6.45, 7) is 3.55. The lowest BCUT2D eigenvalue weighted by Crippen LogP contribution is -2.16. The maximum atomic E-state index is 14.1. The summed E-state index contributed by atoms with van der Waals surface area (Å²) in [4.78, 5) is 16.5. The van der Waals surface area contributed by atoms with E-state index in [0.29, 0.717) is 37.5 Å². The van der Waals surface area contributed by atoms with Crippen LogP contribution >= 0.6 is 0 Å². The second-order valence-corrected chi connectivity index (χ2v) is 9.43. The molecular formula is C31H33F5N2O3. The third-order valence-corrected chi connectivity index (χ3v) is 6.08. The second kappa shape index (κ2) is 15.3. The number of anilines is 1. The number of alkyl halides is 3. The van der Waals surface area contributed by atoms with Crippen LogP contribution in [0.4, 0.5) is 32.4 Å². The zero-order chi connectivity index (χ0) is 29.8. The molecule has 10 heteroatoms. The SMILES string of the molecule is CC(F)(F)F.CCCCOCCOC(=O)Nc1ccc(-c2ccc(C3CCC(c4c(F)cccc4F)=N3)cc2)cc1. The summed E-state index contributed by atoms with van der Waals surface area (Å²) in [6.07, 6.45) is -1.21. The Labute approximate surface area is 236 Å². The number of ether oxygens (including phenoxy) is 2. The van der Waals surface area contributed by atoms with Crippen molar-refractivity contribution in [3.8, 4) is 11.1 Å². The van der Waals surface area contributed by atoms with Crippen LogP contribution in [0, 0.1) is 11.6 Å². The van der Waals surface area contributed by atoms with Gasteiger partial charge < -0.3 is 9.47 Å². The molecule has 0 saturated carbocycles. The average Bonchev–Trinajstić information content (AvgIpc) is 3.40. The molecule has 220 valence electrons. The average molecular weight is 577 g/mol. The highest BCUT2D eigenvalue weighted by Gasteiger charge is 2.24. The fourth-order valence-electron chi connectivity index (χ4n) is 4.13. The van der Waals surface area contributed by atoms with Gasteiger partial charge >= 0.3 is 12.3 Å². The predicted octanol–water partition coefficient (Wildman–Crippen LogP) is 8.89. The number of benzene rings is 3. The summed E-state index contributed by atoms with van der Waals surface area (Å²) >= 11 is 0. The number of aliphatic imine (C=N–C) groups is 1. The number of carbonyl (C=O) groups is 1. The van der Waals surface area contributed by atoms with Crippen molar-refractivity contribution in [2.75, 3.05) is 25.1 Å². The van der Waals surface area contributed by atoms with Gasteiger partial charge in [0.25, 0.3) is 0 Å². The number of hydrogen-bond acceptors (Lipinski definition) is 4. The molecule has 0 aromatic heterocycles. The van der Waals surface area contributed by atoms with E-state index in [-0.39, 0.29) is 25.1 Å². The maximum Gasteiger partial charge on any atom is 0.411 e. The van der Waals surface area contributed by atoms with Crippen LogP contribution in [0.25, 0.3) is 11.1 Å². The molecule has 1 aliphatic heterocycles. The van der Waals surface area contributed by atoms with Gasteiger partial charge in [-0.2, -0.15) is 13.2 Å². The van der Waals surface area contributed by atoms with Gasteiger partial charge in [0.15, 0.2) is 0 Å². The predicted molar refractivity (Wildman–Crippen MR) is 149 cm³/mol. The molecule has 0 spiro atoms. The number of rotatable bonds is 10.